The third-order valence-corrected chi connectivity index (χ3v) is 1.18. The topological polar surface area (TPSA) is 3.24 Å². The molecule has 0 bridgehead atoms. The first-order valence-corrected chi connectivity index (χ1v) is 3.13. The lowest BCUT2D eigenvalue weighted by Crippen LogP contribution is -2.09. The fourth-order valence-corrected chi connectivity index (χ4v) is 0.582. The molecule has 1 nitrogen and oxygen atoms in total. The summed E-state index contributed by atoms with van der Waals surface area (Å²) >= 11 is 0. The zero-order valence-corrected chi connectivity index (χ0v) is 6.65. The molecule has 0 aliphatic rings. The molecule has 0 fully saturated rings. The number of hydrogen-bond donors (Lipinski definition) is 0. The number of hydrogen-bond acceptors (Lipinski definition) is 1. The van der Waals surface area contributed by atoms with Crippen molar-refractivity contribution in [3.63, 3.8) is 0 Å². The van der Waals surface area contributed by atoms with Crippen LogP contribution < -0.4 is 0 Å². The Morgan fingerprint density at radius 1 is 1.50 bits per heavy atom. The van der Waals surface area contributed by atoms with Gasteiger partial charge in [0.05, 0.1) is 5.70 Å². The molecule has 0 aliphatic carbocycles. The highest BCUT2D eigenvalue weighted by Gasteiger charge is 1.92. The Morgan fingerprint density at radius 2 is 2.10 bits per heavy atom. The molecule has 0 radical (unpaired) electrons. The predicted octanol–water partition coefficient (Wildman–Crippen LogP) is 1.95. The minimum atomic E-state index is 0.806. The van der Waals surface area contributed by atoms with E-state index in [1.165, 1.54) is 0 Å². The summed E-state index contributed by atoms with van der Waals surface area (Å²) in [7, 11) is 3.93. The van der Waals surface area contributed by atoms with Crippen LogP contribution in [0.15, 0.2) is 36.4 Å². The monoisotopic (exact) mass is 135 g/mol. The molecule has 0 atom stereocenters. The van der Waals surface area contributed by atoms with Gasteiger partial charge in [0.2, 0.25) is 0 Å². The zero-order valence-electron chi connectivity index (χ0n) is 6.65. The highest BCUT2D eigenvalue weighted by atomic mass is 15.1. The van der Waals surface area contributed by atoms with Crippen LogP contribution in [0.1, 0.15) is 6.42 Å². The van der Waals surface area contributed by atoms with E-state index in [-0.39, 0.29) is 0 Å². The third-order valence-electron chi connectivity index (χ3n) is 1.18. The van der Waals surface area contributed by atoms with Gasteiger partial charge >= 0.3 is 0 Å². The van der Waals surface area contributed by atoms with E-state index >= 15 is 0 Å². The summed E-state index contributed by atoms with van der Waals surface area (Å²) in [5.74, 6) is 0. The van der Waals surface area contributed by atoms with Gasteiger partial charge in [0.1, 0.15) is 0 Å². The van der Waals surface area contributed by atoms with Crippen molar-refractivity contribution in [3.05, 3.63) is 36.4 Å². The Kier molecular flexibility index (Phi) is 4.15. The van der Waals surface area contributed by atoms with Crippen LogP contribution in [0.5, 0.6) is 0 Å². The number of rotatable bonds is 3. The second-order valence-corrected chi connectivity index (χ2v) is 2.13. The Labute approximate surface area is 62.7 Å². The fourth-order valence-electron chi connectivity index (χ4n) is 0.582. The van der Waals surface area contributed by atoms with E-state index in [9.17, 15) is 0 Å². The van der Waals surface area contributed by atoms with E-state index in [0.717, 1.165) is 12.1 Å². The van der Waals surface area contributed by atoms with E-state index < -0.39 is 0 Å². The number of allylic oxidation sites excluding steroid dienone is 1. The van der Waals surface area contributed by atoms with Gasteiger partial charge in [0.25, 0.3) is 0 Å². The predicted molar refractivity (Wildman–Crippen MR) is 44.7 cm³/mol. The fraction of sp³-hybridized carbons (Fsp3) is 0.333. The van der Waals surface area contributed by atoms with Crippen molar-refractivity contribution < 1.29 is 0 Å². The first-order valence-electron chi connectivity index (χ1n) is 3.13. The van der Waals surface area contributed by atoms with Gasteiger partial charge in [-0.3, -0.25) is 0 Å². The first kappa shape index (κ1) is 8.84. The van der Waals surface area contributed by atoms with Crippen LogP contribution in [0.4, 0.5) is 0 Å². The molecular weight excluding hydrogens is 122 g/mol. The van der Waals surface area contributed by atoms with E-state index in [0.29, 0.717) is 0 Å². The molecule has 54 valence electrons. The summed E-state index contributed by atoms with van der Waals surface area (Å²) in [5.41, 5.74) is 6.58. The molecule has 0 saturated carbocycles. The van der Waals surface area contributed by atoms with Gasteiger partial charge in [-0.2, -0.15) is 0 Å². The smallest absolute Gasteiger partial charge is 0.0597 e. The molecule has 0 aromatic carbocycles. The van der Waals surface area contributed by atoms with Crippen molar-refractivity contribution >= 4 is 0 Å². The van der Waals surface area contributed by atoms with E-state index in [1.807, 2.05) is 25.1 Å². The highest BCUT2D eigenvalue weighted by molar-refractivity contribution is 5.02. The SMILES string of the molecule is C=C=CCC(=C=C)N(C)C. The zero-order chi connectivity index (χ0) is 7.98. The lowest BCUT2D eigenvalue weighted by Gasteiger charge is -2.11. The Hall–Kier alpha value is -1.16. The number of nitrogens with zero attached hydrogens (tertiary/aromatic N) is 1. The van der Waals surface area contributed by atoms with Gasteiger partial charge in [0.15, 0.2) is 0 Å². The lowest BCUT2D eigenvalue weighted by atomic mass is 10.3. The normalized spacial score (nSPS) is 7.40. The van der Waals surface area contributed by atoms with Crippen molar-refractivity contribution in [2.24, 2.45) is 0 Å². The maximum atomic E-state index is 3.56. The molecule has 0 saturated heterocycles. The molecular formula is C9H13N. The maximum absolute atomic E-state index is 3.56. The van der Waals surface area contributed by atoms with Crippen LogP contribution in [-0.2, 0) is 0 Å². The van der Waals surface area contributed by atoms with Gasteiger partial charge in [-0.25, -0.2) is 0 Å². The van der Waals surface area contributed by atoms with E-state index in [2.05, 4.69) is 24.6 Å². The summed E-state index contributed by atoms with van der Waals surface area (Å²) in [6.07, 6.45) is 2.66. The highest BCUT2D eigenvalue weighted by Crippen LogP contribution is 2.01. The van der Waals surface area contributed by atoms with Gasteiger partial charge < -0.3 is 4.90 Å². The van der Waals surface area contributed by atoms with E-state index in [1.54, 1.807) is 0 Å². The molecule has 0 aromatic rings. The van der Waals surface area contributed by atoms with Crippen LogP contribution in [0.2, 0.25) is 0 Å². The van der Waals surface area contributed by atoms with Crippen LogP contribution in [0.25, 0.3) is 0 Å². The van der Waals surface area contributed by atoms with Crippen LogP contribution >= 0.6 is 0 Å². The Bertz CT molecular complexity index is 189. The minimum absolute atomic E-state index is 0.806. The average Bonchev–Trinajstić information content (AvgIpc) is 1.89. The Balaban J connectivity index is 4.12. The molecule has 0 heterocycles. The van der Waals surface area contributed by atoms with Crippen LogP contribution in [0.3, 0.4) is 0 Å². The molecule has 0 spiro atoms. The molecule has 0 rings (SSSR count). The van der Waals surface area contributed by atoms with Crippen LogP contribution in [-0.4, -0.2) is 19.0 Å². The molecule has 10 heavy (non-hydrogen) atoms. The summed E-state index contributed by atoms with van der Waals surface area (Å²) < 4.78 is 0. The van der Waals surface area contributed by atoms with Crippen molar-refractivity contribution in [3.8, 4) is 0 Å². The largest absolute Gasteiger partial charge is 0.374 e. The van der Waals surface area contributed by atoms with Crippen molar-refractivity contribution in [1.82, 2.24) is 4.90 Å². The summed E-state index contributed by atoms with van der Waals surface area (Å²) in [4.78, 5) is 1.97. The maximum Gasteiger partial charge on any atom is 0.0597 e. The summed E-state index contributed by atoms with van der Waals surface area (Å²) in [5, 5.41) is 0. The molecule has 0 aliphatic heterocycles. The second kappa shape index (κ2) is 4.69. The van der Waals surface area contributed by atoms with Crippen molar-refractivity contribution in [2.45, 2.75) is 6.42 Å². The molecule has 1 heteroatoms. The lowest BCUT2D eigenvalue weighted by molar-refractivity contribution is 0.503. The summed E-state index contributed by atoms with van der Waals surface area (Å²) in [6, 6.07) is 0. The third kappa shape index (κ3) is 2.99. The van der Waals surface area contributed by atoms with Gasteiger partial charge in [-0.15, -0.1) is 11.5 Å². The second-order valence-electron chi connectivity index (χ2n) is 2.13. The minimum Gasteiger partial charge on any atom is -0.374 e. The van der Waals surface area contributed by atoms with Gasteiger partial charge in [-0.05, 0) is 6.08 Å². The molecule has 0 unspecified atom stereocenters. The van der Waals surface area contributed by atoms with Crippen LogP contribution in [0, 0.1) is 0 Å². The van der Waals surface area contributed by atoms with Gasteiger partial charge in [0, 0.05) is 20.5 Å². The Morgan fingerprint density at radius 3 is 2.40 bits per heavy atom. The first-order chi connectivity index (χ1) is 4.72. The van der Waals surface area contributed by atoms with Gasteiger partial charge in [-0.1, -0.05) is 13.2 Å². The van der Waals surface area contributed by atoms with E-state index in [4.69, 9.17) is 0 Å². The molecule has 0 aromatic heterocycles. The standard InChI is InChI=1S/C9H13N/c1-5-7-8-9(6-2)10(3)4/h7H,1-2,8H2,3-4H3. The van der Waals surface area contributed by atoms with Crippen molar-refractivity contribution in [2.75, 3.05) is 14.1 Å². The quantitative estimate of drug-likeness (QED) is 0.535. The average molecular weight is 135 g/mol. The molecule has 0 amide bonds. The summed E-state index contributed by atoms with van der Waals surface area (Å²) in [6.45, 7) is 7.03. The van der Waals surface area contributed by atoms with Crippen molar-refractivity contribution in [1.29, 1.82) is 0 Å². The molecule has 0 N–H and O–H groups in total.